The number of nitrogens with one attached hydrogen (secondary N) is 1. The second-order valence-electron chi connectivity index (χ2n) is 6.34. The van der Waals surface area contributed by atoms with Crippen LogP contribution in [0.4, 0.5) is 4.79 Å². The highest BCUT2D eigenvalue weighted by atomic mass is 32.1. The molecule has 0 saturated carbocycles. The molecule has 1 aromatic heterocycles. The van der Waals surface area contributed by atoms with Gasteiger partial charge >= 0.3 is 12.0 Å². The van der Waals surface area contributed by atoms with Crippen molar-refractivity contribution in [2.75, 3.05) is 6.54 Å². The van der Waals surface area contributed by atoms with E-state index in [0.29, 0.717) is 0 Å². The zero-order valence-electron chi connectivity index (χ0n) is 12.7. The van der Waals surface area contributed by atoms with Crippen molar-refractivity contribution in [1.29, 1.82) is 0 Å². The quantitative estimate of drug-likeness (QED) is 0.901. The number of thiophene rings is 1. The van der Waals surface area contributed by atoms with Gasteiger partial charge in [0, 0.05) is 10.4 Å². The molecule has 1 heterocycles. The molecule has 2 rings (SSSR count). The van der Waals surface area contributed by atoms with Crippen LogP contribution in [-0.4, -0.2) is 34.1 Å². The van der Waals surface area contributed by atoms with Crippen LogP contribution in [0.15, 0.2) is 11.4 Å². The minimum atomic E-state index is -1.00. The number of amides is 2. The lowest BCUT2D eigenvalue weighted by Gasteiger charge is -2.36. The topological polar surface area (TPSA) is 69.6 Å². The zero-order valence-corrected chi connectivity index (χ0v) is 13.5. The molecule has 0 radical (unpaired) electrons. The second kappa shape index (κ2) is 6.05. The van der Waals surface area contributed by atoms with Crippen molar-refractivity contribution < 1.29 is 14.7 Å². The summed E-state index contributed by atoms with van der Waals surface area (Å²) in [7, 11) is 0. The van der Waals surface area contributed by atoms with Crippen LogP contribution in [0.5, 0.6) is 0 Å². The van der Waals surface area contributed by atoms with Crippen LogP contribution >= 0.6 is 11.3 Å². The van der Waals surface area contributed by atoms with Gasteiger partial charge in [0.05, 0.1) is 6.04 Å². The molecular weight excluding hydrogens is 288 g/mol. The van der Waals surface area contributed by atoms with E-state index in [1.165, 1.54) is 15.3 Å². The summed E-state index contributed by atoms with van der Waals surface area (Å²) in [4.78, 5) is 26.2. The van der Waals surface area contributed by atoms with Gasteiger partial charge in [-0.15, -0.1) is 11.3 Å². The monoisotopic (exact) mass is 310 g/mol. The highest BCUT2D eigenvalue weighted by Gasteiger charge is 2.31. The van der Waals surface area contributed by atoms with Crippen molar-refractivity contribution in [3.8, 4) is 0 Å². The third-order valence-corrected chi connectivity index (χ3v) is 4.69. The number of carboxylic acid groups (broad SMARTS) is 1. The van der Waals surface area contributed by atoms with Gasteiger partial charge in [0.1, 0.15) is 6.54 Å². The van der Waals surface area contributed by atoms with E-state index in [-0.39, 0.29) is 18.6 Å². The van der Waals surface area contributed by atoms with Crippen molar-refractivity contribution in [3.63, 3.8) is 0 Å². The predicted octanol–water partition coefficient (Wildman–Crippen LogP) is 3.02. The molecular formula is C15H22N2O3S. The van der Waals surface area contributed by atoms with E-state index in [1.807, 2.05) is 26.2 Å². The number of aryl methyl sites for hydroxylation is 1. The van der Waals surface area contributed by atoms with E-state index >= 15 is 0 Å². The van der Waals surface area contributed by atoms with Gasteiger partial charge < -0.3 is 15.3 Å². The standard InChI is InChI=1S/C15H22N2O3S/c1-15(2,3)17(9-13(18)19)14(20)16-11-5-4-6-12-10(11)7-8-21-12/h7-8,11H,4-6,9H2,1-3H3,(H,16,20)(H,18,19). The van der Waals surface area contributed by atoms with Gasteiger partial charge in [0.2, 0.25) is 0 Å². The first-order valence-electron chi connectivity index (χ1n) is 7.15. The Bertz CT molecular complexity index is 533. The Morgan fingerprint density at radius 2 is 2.19 bits per heavy atom. The van der Waals surface area contributed by atoms with E-state index in [1.54, 1.807) is 11.3 Å². The summed E-state index contributed by atoms with van der Waals surface area (Å²) in [6.45, 7) is 5.23. The lowest BCUT2D eigenvalue weighted by atomic mass is 9.94. The average Bonchev–Trinajstić information content (AvgIpc) is 2.83. The van der Waals surface area contributed by atoms with Gasteiger partial charge in [0.15, 0.2) is 0 Å². The fraction of sp³-hybridized carbons (Fsp3) is 0.600. The van der Waals surface area contributed by atoms with Crippen molar-refractivity contribution >= 4 is 23.3 Å². The van der Waals surface area contributed by atoms with E-state index < -0.39 is 11.5 Å². The van der Waals surface area contributed by atoms with E-state index in [2.05, 4.69) is 11.4 Å². The first-order valence-corrected chi connectivity index (χ1v) is 8.03. The summed E-state index contributed by atoms with van der Waals surface area (Å²) < 4.78 is 0. The number of rotatable bonds is 3. The lowest BCUT2D eigenvalue weighted by Crippen LogP contribution is -2.53. The molecule has 116 valence electrons. The molecule has 0 fully saturated rings. The summed E-state index contributed by atoms with van der Waals surface area (Å²) in [5, 5.41) is 14.1. The minimum absolute atomic E-state index is 0.00820. The molecule has 0 bridgehead atoms. The zero-order chi connectivity index (χ0) is 15.6. The number of carboxylic acids is 1. The lowest BCUT2D eigenvalue weighted by molar-refractivity contribution is -0.138. The number of carbonyl (C=O) groups excluding carboxylic acids is 1. The Kier molecular flexibility index (Phi) is 4.56. The molecule has 1 aliphatic carbocycles. The molecule has 1 aliphatic rings. The molecule has 1 atom stereocenters. The van der Waals surface area contributed by atoms with Crippen LogP contribution < -0.4 is 5.32 Å². The fourth-order valence-electron chi connectivity index (χ4n) is 2.61. The molecule has 6 heteroatoms. The maximum Gasteiger partial charge on any atom is 0.323 e. The first-order chi connectivity index (χ1) is 9.79. The van der Waals surface area contributed by atoms with E-state index in [9.17, 15) is 9.59 Å². The molecule has 2 N–H and O–H groups in total. The average molecular weight is 310 g/mol. The van der Waals surface area contributed by atoms with Crippen LogP contribution in [0.2, 0.25) is 0 Å². The largest absolute Gasteiger partial charge is 0.480 e. The van der Waals surface area contributed by atoms with Crippen molar-refractivity contribution in [1.82, 2.24) is 10.2 Å². The molecule has 0 spiro atoms. The van der Waals surface area contributed by atoms with Crippen molar-refractivity contribution in [2.24, 2.45) is 0 Å². The Morgan fingerprint density at radius 3 is 2.81 bits per heavy atom. The Morgan fingerprint density at radius 1 is 1.48 bits per heavy atom. The maximum atomic E-state index is 12.5. The number of nitrogens with zero attached hydrogens (tertiary/aromatic N) is 1. The Balaban J connectivity index is 2.11. The summed E-state index contributed by atoms with van der Waals surface area (Å²) in [5.41, 5.74) is 0.651. The van der Waals surface area contributed by atoms with Crippen LogP contribution in [0.3, 0.4) is 0 Å². The van der Waals surface area contributed by atoms with Gasteiger partial charge in [-0.2, -0.15) is 0 Å². The summed E-state index contributed by atoms with van der Waals surface area (Å²) in [6.07, 6.45) is 3.02. The second-order valence-corrected chi connectivity index (χ2v) is 7.34. The van der Waals surface area contributed by atoms with Gasteiger partial charge in [-0.05, 0) is 57.0 Å². The first kappa shape index (κ1) is 15.8. The number of carbonyl (C=O) groups is 2. The van der Waals surface area contributed by atoms with Crippen LogP contribution in [-0.2, 0) is 11.2 Å². The highest BCUT2D eigenvalue weighted by Crippen LogP contribution is 2.33. The maximum absolute atomic E-state index is 12.5. The summed E-state index contributed by atoms with van der Waals surface area (Å²) in [5.74, 6) is -1.00. The molecule has 0 saturated heterocycles. The smallest absolute Gasteiger partial charge is 0.323 e. The summed E-state index contributed by atoms with van der Waals surface area (Å²) >= 11 is 1.72. The predicted molar refractivity (Wildman–Crippen MR) is 82.6 cm³/mol. The van der Waals surface area contributed by atoms with Gasteiger partial charge in [-0.3, -0.25) is 4.79 Å². The van der Waals surface area contributed by atoms with Crippen LogP contribution in [0.1, 0.15) is 50.1 Å². The Labute approximate surface area is 129 Å². The van der Waals surface area contributed by atoms with Crippen LogP contribution in [0.25, 0.3) is 0 Å². The molecule has 0 aliphatic heterocycles. The third kappa shape index (κ3) is 3.75. The van der Waals surface area contributed by atoms with Crippen molar-refractivity contribution in [3.05, 3.63) is 21.9 Å². The molecule has 21 heavy (non-hydrogen) atoms. The molecule has 0 aromatic carbocycles. The van der Waals surface area contributed by atoms with Crippen molar-refractivity contribution in [2.45, 2.75) is 51.6 Å². The third-order valence-electron chi connectivity index (χ3n) is 3.70. The van der Waals surface area contributed by atoms with Gasteiger partial charge in [0.25, 0.3) is 0 Å². The van der Waals surface area contributed by atoms with E-state index in [0.717, 1.165) is 19.3 Å². The summed E-state index contributed by atoms with van der Waals surface area (Å²) in [6, 6.07) is 1.74. The normalized spacial score (nSPS) is 18.0. The number of urea groups is 1. The fourth-order valence-corrected chi connectivity index (χ4v) is 3.60. The highest BCUT2D eigenvalue weighted by molar-refractivity contribution is 7.10. The molecule has 2 amide bonds. The van der Waals surface area contributed by atoms with Gasteiger partial charge in [-0.1, -0.05) is 0 Å². The number of hydrogen-bond acceptors (Lipinski definition) is 3. The SMILES string of the molecule is CC(C)(C)N(CC(=O)O)C(=O)NC1CCCc2sccc21. The molecule has 1 aromatic rings. The molecule has 1 unspecified atom stereocenters. The number of aliphatic carboxylic acids is 1. The number of hydrogen-bond donors (Lipinski definition) is 2. The van der Waals surface area contributed by atoms with Crippen LogP contribution in [0, 0.1) is 0 Å². The minimum Gasteiger partial charge on any atom is -0.480 e. The molecule has 5 nitrogen and oxygen atoms in total. The Hall–Kier alpha value is -1.56. The van der Waals surface area contributed by atoms with E-state index in [4.69, 9.17) is 5.11 Å². The number of fused-ring (bicyclic) bond motifs is 1. The van der Waals surface area contributed by atoms with Gasteiger partial charge in [-0.25, -0.2) is 4.79 Å².